The molecule has 0 atom stereocenters. The SMILES string of the molecule is CCc1ccc2nc(S(C)(=O)=O)c(S(=O)(=O)NC(=O)Nc3nc(Cl)cc(OC)n3)n2c1. The number of sulfonamides is 1. The van der Waals surface area contributed by atoms with Crippen molar-refractivity contribution in [2.45, 2.75) is 23.4 Å². The summed E-state index contributed by atoms with van der Waals surface area (Å²) in [6, 6.07) is 3.21. The van der Waals surface area contributed by atoms with Gasteiger partial charge in [-0.25, -0.2) is 27.9 Å². The molecule has 0 fully saturated rings. The van der Waals surface area contributed by atoms with Crippen LogP contribution in [0.5, 0.6) is 5.88 Å². The number of rotatable bonds is 6. The van der Waals surface area contributed by atoms with E-state index in [1.54, 1.807) is 10.8 Å². The Balaban J connectivity index is 2.03. The van der Waals surface area contributed by atoms with Gasteiger partial charge in [0.15, 0.2) is 19.9 Å². The van der Waals surface area contributed by atoms with Crippen molar-refractivity contribution in [2.75, 3.05) is 18.7 Å². The van der Waals surface area contributed by atoms with E-state index < -0.39 is 35.9 Å². The largest absolute Gasteiger partial charge is 0.481 e. The number of nitrogens with zero attached hydrogens (tertiary/aromatic N) is 4. The number of halogens is 1. The number of hydrogen-bond donors (Lipinski definition) is 2. The van der Waals surface area contributed by atoms with E-state index in [-0.39, 0.29) is 22.6 Å². The van der Waals surface area contributed by atoms with Crippen molar-refractivity contribution >= 4 is 49.1 Å². The van der Waals surface area contributed by atoms with Crippen LogP contribution in [0, 0.1) is 0 Å². The molecule has 0 bridgehead atoms. The lowest BCUT2D eigenvalue weighted by atomic mass is 10.2. The minimum Gasteiger partial charge on any atom is -0.481 e. The van der Waals surface area contributed by atoms with Crippen molar-refractivity contribution in [2.24, 2.45) is 0 Å². The second-order valence-corrected chi connectivity index (χ2v) is 10.1. The zero-order valence-corrected chi connectivity index (χ0v) is 18.8. The number of anilines is 1. The van der Waals surface area contributed by atoms with Crippen molar-refractivity contribution in [3.63, 3.8) is 0 Å². The molecular formula is C16H17ClN6O6S2. The predicted molar refractivity (Wildman–Crippen MR) is 111 cm³/mol. The average Bonchev–Trinajstić information content (AvgIpc) is 3.06. The number of sulfone groups is 1. The van der Waals surface area contributed by atoms with Gasteiger partial charge < -0.3 is 4.74 Å². The van der Waals surface area contributed by atoms with E-state index in [4.69, 9.17) is 16.3 Å². The molecule has 0 unspecified atom stereocenters. The summed E-state index contributed by atoms with van der Waals surface area (Å²) in [6.07, 6.45) is 2.82. The van der Waals surface area contributed by atoms with Gasteiger partial charge in [-0.2, -0.15) is 13.4 Å². The molecule has 15 heteroatoms. The number of carbonyl (C=O) groups excluding carboxylic acids is 1. The third-order valence-electron chi connectivity index (χ3n) is 3.95. The predicted octanol–water partition coefficient (Wildman–Crippen LogP) is 1.26. The average molecular weight is 489 g/mol. The lowest BCUT2D eigenvalue weighted by Gasteiger charge is -2.10. The number of aromatic nitrogens is 4. The third-order valence-corrected chi connectivity index (χ3v) is 6.62. The Morgan fingerprint density at radius 3 is 2.52 bits per heavy atom. The Morgan fingerprint density at radius 1 is 1.19 bits per heavy atom. The van der Waals surface area contributed by atoms with Crippen LogP contribution < -0.4 is 14.8 Å². The number of fused-ring (bicyclic) bond motifs is 1. The van der Waals surface area contributed by atoms with Gasteiger partial charge in [-0.1, -0.05) is 24.6 Å². The number of aryl methyl sites for hydroxylation is 1. The van der Waals surface area contributed by atoms with Crippen molar-refractivity contribution in [3.8, 4) is 5.88 Å². The third kappa shape index (κ3) is 4.86. The van der Waals surface area contributed by atoms with Crippen LogP contribution in [0.25, 0.3) is 5.65 Å². The van der Waals surface area contributed by atoms with Crippen molar-refractivity contribution in [3.05, 3.63) is 35.1 Å². The summed E-state index contributed by atoms with van der Waals surface area (Å²) >= 11 is 5.79. The van der Waals surface area contributed by atoms with E-state index in [1.807, 2.05) is 6.92 Å². The highest BCUT2D eigenvalue weighted by Crippen LogP contribution is 2.23. The molecule has 0 saturated heterocycles. The van der Waals surface area contributed by atoms with Crippen LogP contribution in [-0.2, 0) is 26.3 Å². The maximum absolute atomic E-state index is 13.0. The summed E-state index contributed by atoms with van der Waals surface area (Å²) in [5, 5.41) is 0.665. The number of imidazole rings is 1. The van der Waals surface area contributed by atoms with Gasteiger partial charge in [0, 0.05) is 18.5 Å². The van der Waals surface area contributed by atoms with E-state index in [2.05, 4.69) is 20.3 Å². The van der Waals surface area contributed by atoms with Gasteiger partial charge in [-0.05, 0) is 18.1 Å². The Labute approximate surface area is 182 Å². The molecule has 31 heavy (non-hydrogen) atoms. The normalized spacial score (nSPS) is 12.0. The summed E-state index contributed by atoms with van der Waals surface area (Å²) in [6.45, 7) is 1.84. The molecule has 0 aliphatic carbocycles. The van der Waals surface area contributed by atoms with Gasteiger partial charge >= 0.3 is 6.03 Å². The molecule has 0 saturated carbocycles. The van der Waals surface area contributed by atoms with Gasteiger partial charge in [0.2, 0.25) is 11.8 Å². The molecule has 12 nitrogen and oxygen atoms in total. The Morgan fingerprint density at radius 2 is 1.90 bits per heavy atom. The number of nitrogens with one attached hydrogen (secondary N) is 2. The van der Waals surface area contributed by atoms with Gasteiger partial charge in [0.1, 0.15) is 10.8 Å². The lowest BCUT2D eigenvalue weighted by molar-refractivity contribution is 0.256. The zero-order valence-electron chi connectivity index (χ0n) is 16.4. The molecule has 3 aromatic rings. The number of ether oxygens (including phenoxy) is 1. The fourth-order valence-corrected chi connectivity index (χ4v) is 5.30. The Bertz CT molecular complexity index is 1390. The second-order valence-electron chi connectivity index (χ2n) is 6.23. The number of amides is 2. The molecule has 2 amide bonds. The van der Waals surface area contributed by atoms with Crippen molar-refractivity contribution < 1.29 is 26.4 Å². The van der Waals surface area contributed by atoms with Crippen LogP contribution in [-0.4, -0.2) is 55.6 Å². The molecule has 0 aromatic carbocycles. The second kappa shape index (κ2) is 8.28. The molecule has 2 N–H and O–H groups in total. The monoisotopic (exact) mass is 488 g/mol. The number of carbonyl (C=O) groups is 1. The first-order valence-corrected chi connectivity index (χ1v) is 12.3. The van der Waals surface area contributed by atoms with Gasteiger partial charge in [-0.3, -0.25) is 9.72 Å². The number of methoxy groups -OCH3 is 1. The highest BCUT2D eigenvalue weighted by molar-refractivity contribution is 7.93. The summed E-state index contributed by atoms with van der Waals surface area (Å²) in [7, 11) is -7.42. The van der Waals surface area contributed by atoms with Crippen LogP contribution in [0.4, 0.5) is 10.7 Å². The van der Waals surface area contributed by atoms with Crippen molar-refractivity contribution in [1.29, 1.82) is 0 Å². The molecule has 0 radical (unpaired) electrons. The number of urea groups is 1. The molecule has 166 valence electrons. The first-order valence-electron chi connectivity index (χ1n) is 8.58. The highest BCUT2D eigenvalue weighted by atomic mass is 35.5. The summed E-state index contributed by atoms with van der Waals surface area (Å²) in [5.41, 5.74) is 0.812. The quantitative estimate of drug-likeness (QED) is 0.486. The van der Waals surface area contributed by atoms with Crippen molar-refractivity contribution in [1.82, 2.24) is 24.1 Å². The fourth-order valence-electron chi connectivity index (χ4n) is 2.60. The molecule has 0 spiro atoms. The molecule has 3 aromatic heterocycles. The smallest absolute Gasteiger partial charge is 0.335 e. The molecule has 3 heterocycles. The summed E-state index contributed by atoms with van der Waals surface area (Å²) in [4.78, 5) is 23.8. The van der Waals surface area contributed by atoms with Gasteiger partial charge in [0.05, 0.1) is 7.11 Å². The molecule has 0 aliphatic rings. The van der Waals surface area contributed by atoms with E-state index in [1.165, 1.54) is 25.4 Å². The van der Waals surface area contributed by atoms with Crippen LogP contribution in [0.3, 0.4) is 0 Å². The van der Waals surface area contributed by atoms with Gasteiger partial charge in [0.25, 0.3) is 10.0 Å². The van der Waals surface area contributed by atoms with Crippen LogP contribution in [0.1, 0.15) is 12.5 Å². The molecule has 3 rings (SSSR count). The molecule has 0 aliphatic heterocycles. The topological polar surface area (TPSA) is 162 Å². The van der Waals surface area contributed by atoms with E-state index in [9.17, 15) is 21.6 Å². The zero-order chi connectivity index (χ0) is 23.0. The lowest BCUT2D eigenvalue weighted by Crippen LogP contribution is -2.36. The van der Waals surface area contributed by atoms with Gasteiger partial charge in [-0.15, -0.1) is 0 Å². The first-order chi connectivity index (χ1) is 14.4. The minimum absolute atomic E-state index is 0.0337. The Hall–Kier alpha value is -2.97. The maximum Gasteiger partial charge on any atom is 0.335 e. The summed E-state index contributed by atoms with van der Waals surface area (Å²) < 4.78 is 58.1. The van der Waals surface area contributed by atoms with E-state index in [0.717, 1.165) is 16.2 Å². The highest BCUT2D eigenvalue weighted by Gasteiger charge is 2.32. The standard InChI is InChI=1S/C16H17ClN6O6S2/c1-4-9-5-6-11-19-13(30(3,25)26)14(23(11)8-9)31(27,28)22-16(24)21-15-18-10(17)7-12(20-15)29-2/h5-8H,4H2,1-3H3,(H2,18,20,21,22,24). The summed E-state index contributed by atoms with van der Waals surface area (Å²) in [5.74, 6) is -0.293. The van der Waals surface area contributed by atoms with Crippen LogP contribution >= 0.6 is 11.6 Å². The van der Waals surface area contributed by atoms with E-state index in [0.29, 0.717) is 6.42 Å². The number of hydrogen-bond acceptors (Lipinski definition) is 9. The fraction of sp³-hybridized carbons (Fsp3) is 0.250. The maximum atomic E-state index is 13.0. The minimum atomic E-state index is -4.69. The van der Waals surface area contributed by atoms with Crippen LogP contribution in [0.15, 0.2) is 34.4 Å². The van der Waals surface area contributed by atoms with E-state index >= 15 is 0 Å². The Kier molecular flexibility index (Phi) is 6.07. The first kappa shape index (κ1) is 22.7. The van der Waals surface area contributed by atoms with Crippen LogP contribution in [0.2, 0.25) is 5.15 Å². The number of pyridine rings is 1. The molecular weight excluding hydrogens is 472 g/mol.